The Morgan fingerprint density at radius 1 is 1.00 bits per heavy atom. The Hall–Kier alpha value is -3.57. The first-order chi connectivity index (χ1) is 17.3. The van der Waals surface area contributed by atoms with Crippen LogP contribution in [-0.2, 0) is 17.5 Å². The van der Waals surface area contributed by atoms with E-state index in [2.05, 4.69) is 9.97 Å². The number of nitrogens with zero attached hydrogens (tertiary/aromatic N) is 4. The van der Waals surface area contributed by atoms with Gasteiger partial charge in [-0.2, -0.15) is 13.2 Å². The van der Waals surface area contributed by atoms with Gasteiger partial charge in [-0.1, -0.05) is 29.3 Å². The molecule has 2 amide bonds. The fourth-order valence-electron chi connectivity index (χ4n) is 3.25. The second-order valence-electron chi connectivity index (χ2n) is 7.95. The number of ketones is 1. The van der Waals surface area contributed by atoms with Gasteiger partial charge in [-0.3, -0.25) is 14.4 Å². The number of carbonyl (C=O) groups excluding carboxylic acids is 3. The molecule has 0 aliphatic carbocycles. The fraction of sp³-hybridized carbons (Fsp3) is 0.208. The maximum absolute atomic E-state index is 14.8. The zero-order valence-electron chi connectivity index (χ0n) is 19.3. The molecule has 3 aromatic rings. The van der Waals surface area contributed by atoms with Gasteiger partial charge >= 0.3 is 6.18 Å². The van der Waals surface area contributed by atoms with Gasteiger partial charge in [-0.05, 0) is 30.3 Å². The molecular weight excluding hydrogens is 539 g/mol. The lowest BCUT2D eigenvalue weighted by molar-refractivity contribution is -0.137. The molecule has 13 heteroatoms. The maximum Gasteiger partial charge on any atom is 0.416 e. The predicted octanol–water partition coefficient (Wildman–Crippen LogP) is 5.45. The third-order valence-corrected chi connectivity index (χ3v) is 5.86. The lowest BCUT2D eigenvalue weighted by Gasteiger charge is -2.25. The van der Waals surface area contributed by atoms with E-state index in [-0.39, 0.29) is 22.0 Å². The summed E-state index contributed by atoms with van der Waals surface area (Å²) in [7, 11) is 2.68. The number of halogens is 6. The van der Waals surface area contributed by atoms with Crippen LogP contribution in [0.5, 0.6) is 0 Å². The zero-order valence-corrected chi connectivity index (χ0v) is 20.8. The number of hydrogen-bond acceptors (Lipinski definition) is 5. The van der Waals surface area contributed by atoms with E-state index in [9.17, 15) is 31.9 Å². The Morgan fingerprint density at radius 3 is 2.24 bits per heavy atom. The standard InChI is InChI=1S/C24H18Cl2F4N4O3/c1-33(2)23(37)14-8-15(24(28,29)30)10-16(9-14)34(12-13-4-5-17(25)20(26)21(13)27)19(36)11-18(35)22-31-6-3-7-32-22/h3-10H,11-12H2,1-2H3. The summed E-state index contributed by atoms with van der Waals surface area (Å²) in [6.45, 7) is -0.624. The van der Waals surface area contributed by atoms with E-state index < -0.39 is 58.8 Å². The van der Waals surface area contributed by atoms with Crippen LogP contribution in [0.1, 0.15) is 38.5 Å². The number of carbonyl (C=O) groups is 3. The Morgan fingerprint density at radius 2 is 1.65 bits per heavy atom. The minimum Gasteiger partial charge on any atom is -0.345 e. The maximum atomic E-state index is 14.8. The van der Waals surface area contributed by atoms with E-state index in [4.69, 9.17) is 23.2 Å². The summed E-state index contributed by atoms with van der Waals surface area (Å²) < 4.78 is 55.9. The zero-order chi connectivity index (χ0) is 27.5. The topological polar surface area (TPSA) is 83.5 Å². The molecule has 0 N–H and O–H groups in total. The largest absolute Gasteiger partial charge is 0.416 e. The predicted molar refractivity (Wildman–Crippen MR) is 128 cm³/mol. The average molecular weight is 557 g/mol. The Kier molecular flexibility index (Phi) is 8.49. The second kappa shape index (κ2) is 11.2. The molecular formula is C24H18Cl2F4N4O3. The van der Waals surface area contributed by atoms with Crippen molar-refractivity contribution in [3.63, 3.8) is 0 Å². The monoisotopic (exact) mass is 556 g/mol. The molecule has 0 bridgehead atoms. The first-order valence-electron chi connectivity index (χ1n) is 10.5. The van der Waals surface area contributed by atoms with Gasteiger partial charge in [0.1, 0.15) is 5.82 Å². The van der Waals surface area contributed by atoms with Gasteiger partial charge in [-0.15, -0.1) is 0 Å². The summed E-state index contributed by atoms with van der Waals surface area (Å²) in [5.41, 5.74) is -2.18. The Bertz CT molecular complexity index is 1350. The number of amides is 2. The minimum absolute atomic E-state index is 0.116. The van der Waals surface area contributed by atoms with Crippen LogP contribution in [0.15, 0.2) is 48.8 Å². The third kappa shape index (κ3) is 6.60. The normalized spacial score (nSPS) is 11.2. The molecule has 0 unspecified atom stereocenters. The first kappa shape index (κ1) is 28.0. The minimum atomic E-state index is -4.88. The van der Waals surface area contributed by atoms with Gasteiger partial charge in [0.25, 0.3) is 5.91 Å². The van der Waals surface area contributed by atoms with Crippen molar-refractivity contribution < 1.29 is 31.9 Å². The Balaban J connectivity index is 2.13. The Labute approximate surface area is 218 Å². The lowest BCUT2D eigenvalue weighted by Crippen LogP contribution is -2.33. The SMILES string of the molecule is CN(C)C(=O)c1cc(N(Cc2ccc(Cl)c(Cl)c2F)C(=O)CC(=O)c2ncccn2)cc(C(F)(F)F)c1. The van der Waals surface area contributed by atoms with Crippen molar-refractivity contribution in [2.45, 2.75) is 19.1 Å². The summed E-state index contributed by atoms with van der Waals surface area (Å²) in [6.07, 6.45) is -3.17. The van der Waals surface area contributed by atoms with Crippen molar-refractivity contribution >= 4 is 46.5 Å². The number of benzene rings is 2. The fourth-order valence-corrected chi connectivity index (χ4v) is 3.58. The summed E-state index contributed by atoms with van der Waals surface area (Å²) in [6, 6.07) is 6.21. The van der Waals surface area contributed by atoms with Crippen LogP contribution in [0.2, 0.25) is 10.0 Å². The van der Waals surface area contributed by atoms with Crippen molar-refractivity contribution in [3.05, 3.63) is 87.2 Å². The highest BCUT2D eigenvalue weighted by atomic mass is 35.5. The van der Waals surface area contributed by atoms with Crippen molar-refractivity contribution in [1.29, 1.82) is 0 Å². The van der Waals surface area contributed by atoms with Gasteiger partial charge in [0, 0.05) is 43.3 Å². The number of alkyl halides is 3. The number of anilines is 1. The first-order valence-corrected chi connectivity index (χ1v) is 11.2. The van der Waals surface area contributed by atoms with Crippen LogP contribution in [-0.4, -0.2) is 46.6 Å². The van der Waals surface area contributed by atoms with Crippen LogP contribution in [0.3, 0.4) is 0 Å². The molecule has 0 atom stereocenters. The van der Waals surface area contributed by atoms with Crippen molar-refractivity contribution in [3.8, 4) is 0 Å². The lowest BCUT2D eigenvalue weighted by atomic mass is 10.1. The summed E-state index contributed by atoms with van der Waals surface area (Å²) in [5, 5.41) is -0.567. The summed E-state index contributed by atoms with van der Waals surface area (Å²) >= 11 is 11.7. The second-order valence-corrected chi connectivity index (χ2v) is 8.74. The molecule has 194 valence electrons. The van der Waals surface area contributed by atoms with Gasteiger partial charge in [0.05, 0.1) is 28.6 Å². The van der Waals surface area contributed by atoms with Crippen LogP contribution >= 0.6 is 23.2 Å². The third-order valence-electron chi connectivity index (χ3n) is 5.08. The summed E-state index contributed by atoms with van der Waals surface area (Å²) in [4.78, 5) is 47.7. The van der Waals surface area contributed by atoms with E-state index in [1.54, 1.807) is 0 Å². The molecule has 1 aromatic heterocycles. The smallest absolute Gasteiger partial charge is 0.345 e. The van der Waals surface area contributed by atoms with Crippen LogP contribution < -0.4 is 4.90 Å². The molecule has 0 fully saturated rings. The molecule has 2 aromatic carbocycles. The summed E-state index contributed by atoms with van der Waals surface area (Å²) in [5.74, 6) is -3.87. The highest BCUT2D eigenvalue weighted by Crippen LogP contribution is 2.35. The van der Waals surface area contributed by atoms with Crippen molar-refractivity contribution in [1.82, 2.24) is 14.9 Å². The molecule has 0 radical (unpaired) electrons. The molecule has 0 aliphatic heterocycles. The van der Waals surface area contributed by atoms with Gasteiger partial charge < -0.3 is 9.80 Å². The number of rotatable bonds is 7. The van der Waals surface area contributed by atoms with E-state index in [0.717, 1.165) is 15.9 Å². The van der Waals surface area contributed by atoms with Crippen molar-refractivity contribution in [2.24, 2.45) is 0 Å². The molecule has 0 spiro atoms. The molecule has 0 aliphatic rings. The molecule has 7 nitrogen and oxygen atoms in total. The van der Waals surface area contributed by atoms with Crippen LogP contribution in [0.25, 0.3) is 0 Å². The highest BCUT2D eigenvalue weighted by molar-refractivity contribution is 6.42. The van der Waals surface area contributed by atoms with Crippen molar-refractivity contribution in [2.75, 3.05) is 19.0 Å². The van der Waals surface area contributed by atoms with Gasteiger partial charge in [0.2, 0.25) is 11.7 Å². The van der Waals surface area contributed by atoms with Gasteiger partial charge in [-0.25, -0.2) is 14.4 Å². The van der Waals surface area contributed by atoms with E-state index >= 15 is 0 Å². The number of Topliss-reactive ketones (excluding diaryl/α,β-unsaturated/α-hetero) is 1. The molecule has 37 heavy (non-hydrogen) atoms. The molecule has 1 heterocycles. The van der Waals surface area contributed by atoms with Crippen LogP contribution in [0, 0.1) is 5.82 Å². The molecule has 3 rings (SSSR count). The van der Waals surface area contributed by atoms with E-state index in [1.807, 2.05) is 0 Å². The number of hydrogen-bond donors (Lipinski definition) is 0. The molecule has 0 saturated carbocycles. The van der Waals surface area contributed by atoms with Crippen LogP contribution in [0.4, 0.5) is 23.2 Å². The quantitative estimate of drug-likeness (QED) is 0.167. The van der Waals surface area contributed by atoms with E-state index in [0.29, 0.717) is 12.1 Å². The van der Waals surface area contributed by atoms with E-state index in [1.165, 1.54) is 44.7 Å². The average Bonchev–Trinajstić information content (AvgIpc) is 2.86. The molecule has 0 saturated heterocycles. The van der Waals surface area contributed by atoms with Gasteiger partial charge in [0.15, 0.2) is 5.82 Å². The number of aromatic nitrogens is 2. The highest BCUT2D eigenvalue weighted by Gasteiger charge is 2.34.